The molecule has 3 heteroatoms. The molecule has 1 aromatic rings. The first-order valence-electron chi connectivity index (χ1n) is 6.18. The van der Waals surface area contributed by atoms with Crippen LogP contribution in [0.3, 0.4) is 0 Å². The van der Waals surface area contributed by atoms with Crippen LogP contribution in [0.1, 0.15) is 18.4 Å². The second-order valence-corrected chi connectivity index (χ2v) is 5.82. The van der Waals surface area contributed by atoms with Crippen molar-refractivity contribution in [3.8, 4) is 0 Å². The van der Waals surface area contributed by atoms with E-state index >= 15 is 0 Å². The van der Waals surface area contributed by atoms with Crippen molar-refractivity contribution in [3.05, 3.63) is 47.0 Å². The van der Waals surface area contributed by atoms with Crippen molar-refractivity contribution < 1.29 is 9.53 Å². The molecule has 1 heterocycles. The van der Waals surface area contributed by atoms with Crippen LogP contribution in [0.25, 0.3) is 0 Å². The van der Waals surface area contributed by atoms with Gasteiger partial charge in [0.1, 0.15) is 0 Å². The van der Waals surface area contributed by atoms with E-state index in [9.17, 15) is 4.79 Å². The highest BCUT2D eigenvalue weighted by Gasteiger charge is 2.55. The summed E-state index contributed by atoms with van der Waals surface area (Å²) in [5.74, 6) is 0.245. The Morgan fingerprint density at radius 1 is 1.39 bits per heavy atom. The Bertz CT molecular complexity index is 506. The molecule has 2 fully saturated rings. The van der Waals surface area contributed by atoms with Crippen LogP contribution in [0.4, 0.5) is 0 Å². The minimum absolute atomic E-state index is 0.0545. The van der Waals surface area contributed by atoms with Gasteiger partial charge in [0.2, 0.25) is 0 Å². The summed E-state index contributed by atoms with van der Waals surface area (Å²) in [7, 11) is 0. The number of ether oxygens (including phenoxy) is 1. The highest BCUT2D eigenvalue weighted by Crippen LogP contribution is 2.52. The van der Waals surface area contributed by atoms with Crippen molar-refractivity contribution in [2.75, 3.05) is 6.61 Å². The molecule has 1 aliphatic carbocycles. The molecular weight excluding hydrogens is 248 g/mol. The van der Waals surface area contributed by atoms with Gasteiger partial charge >= 0.3 is 5.97 Å². The SMILES string of the molecule is C=C1CC2COC(=O)C2(Cc2ccc(Cl)cc2)C1. The summed E-state index contributed by atoms with van der Waals surface area (Å²) in [6.07, 6.45) is 2.41. The van der Waals surface area contributed by atoms with E-state index in [0.717, 1.165) is 29.8 Å². The number of esters is 1. The zero-order valence-electron chi connectivity index (χ0n) is 10.1. The summed E-state index contributed by atoms with van der Waals surface area (Å²) in [5.41, 5.74) is 1.94. The van der Waals surface area contributed by atoms with Gasteiger partial charge in [-0.15, -0.1) is 0 Å². The molecule has 3 rings (SSSR count). The maximum Gasteiger partial charge on any atom is 0.313 e. The smallest absolute Gasteiger partial charge is 0.313 e. The van der Waals surface area contributed by atoms with Crippen LogP contribution in [0.15, 0.2) is 36.4 Å². The van der Waals surface area contributed by atoms with Crippen LogP contribution in [0, 0.1) is 11.3 Å². The largest absolute Gasteiger partial charge is 0.465 e. The lowest BCUT2D eigenvalue weighted by Crippen LogP contribution is -2.31. The summed E-state index contributed by atoms with van der Waals surface area (Å²) < 4.78 is 5.26. The first-order chi connectivity index (χ1) is 8.60. The normalized spacial score (nSPS) is 30.4. The number of hydrogen-bond acceptors (Lipinski definition) is 2. The number of benzene rings is 1. The highest BCUT2D eigenvalue weighted by molar-refractivity contribution is 6.30. The van der Waals surface area contributed by atoms with Gasteiger partial charge in [-0.1, -0.05) is 35.9 Å². The second-order valence-electron chi connectivity index (χ2n) is 5.39. The maximum atomic E-state index is 12.1. The Labute approximate surface area is 112 Å². The van der Waals surface area contributed by atoms with E-state index in [1.807, 2.05) is 24.3 Å². The molecule has 1 saturated heterocycles. The number of carbonyl (C=O) groups excluding carboxylic acids is 1. The van der Waals surface area contributed by atoms with E-state index in [4.69, 9.17) is 16.3 Å². The monoisotopic (exact) mass is 262 g/mol. The van der Waals surface area contributed by atoms with Gasteiger partial charge in [0.05, 0.1) is 12.0 Å². The van der Waals surface area contributed by atoms with Crippen molar-refractivity contribution in [1.29, 1.82) is 0 Å². The number of halogens is 1. The average Bonchev–Trinajstić information content (AvgIpc) is 2.79. The van der Waals surface area contributed by atoms with Crippen LogP contribution in [-0.2, 0) is 16.0 Å². The van der Waals surface area contributed by atoms with E-state index in [0.29, 0.717) is 12.5 Å². The Hall–Kier alpha value is -1.28. The Morgan fingerprint density at radius 3 is 2.83 bits per heavy atom. The maximum absolute atomic E-state index is 12.1. The molecule has 94 valence electrons. The molecule has 2 atom stereocenters. The third kappa shape index (κ3) is 1.76. The lowest BCUT2D eigenvalue weighted by Gasteiger charge is -2.23. The zero-order valence-corrected chi connectivity index (χ0v) is 10.9. The molecule has 0 radical (unpaired) electrons. The van der Waals surface area contributed by atoms with E-state index in [1.165, 1.54) is 5.57 Å². The van der Waals surface area contributed by atoms with Crippen LogP contribution in [0.2, 0.25) is 5.02 Å². The fourth-order valence-electron chi connectivity index (χ4n) is 3.23. The third-order valence-electron chi connectivity index (χ3n) is 4.14. The molecule has 0 aromatic heterocycles. The minimum atomic E-state index is -0.370. The van der Waals surface area contributed by atoms with Crippen LogP contribution in [-0.4, -0.2) is 12.6 Å². The molecule has 2 unspecified atom stereocenters. The van der Waals surface area contributed by atoms with Gasteiger partial charge in [-0.2, -0.15) is 0 Å². The van der Waals surface area contributed by atoms with Gasteiger partial charge in [-0.05, 0) is 37.0 Å². The van der Waals surface area contributed by atoms with Gasteiger partial charge < -0.3 is 4.74 Å². The molecule has 2 aliphatic rings. The molecule has 0 amide bonds. The number of allylic oxidation sites excluding steroid dienone is 1. The average molecular weight is 263 g/mol. The van der Waals surface area contributed by atoms with Gasteiger partial charge in [0.25, 0.3) is 0 Å². The molecular formula is C15H15ClO2. The topological polar surface area (TPSA) is 26.3 Å². The molecule has 2 nitrogen and oxygen atoms in total. The minimum Gasteiger partial charge on any atom is -0.465 e. The van der Waals surface area contributed by atoms with Crippen LogP contribution >= 0.6 is 11.6 Å². The fraction of sp³-hybridized carbons (Fsp3) is 0.400. The third-order valence-corrected chi connectivity index (χ3v) is 4.39. The Balaban J connectivity index is 1.91. The van der Waals surface area contributed by atoms with E-state index < -0.39 is 0 Å². The summed E-state index contributed by atoms with van der Waals surface area (Å²) in [6.45, 7) is 4.59. The highest BCUT2D eigenvalue weighted by atomic mass is 35.5. The quantitative estimate of drug-likeness (QED) is 0.603. The first-order valence-corrected chi connectivity index (χ1v) is 6.56. The molecule has 1 aromatic carbocycles. The first kappa shape index (κ1) is 11.8. The lowest BCUT2D eigenvalue weighted by atomic mass is 9.75. The van der Waals surface area contributed by atoms with Crippen molar-refractivity contribution in [3.63, 3.8) is 0 Å². The van der Waals surface area contributed by atoms with Crippen LogP contribution < -0.4 is 0 Å². The number of fused-ring (bicyclic) bond motifs is 1. The van der Waals surface area contributed by atoms with Crippen LogP contribution in [0.5, 0.6) is 0 Å². The number of cyclic esters (lactones) is 1. The van der Waals surface area contributed by atoms with Gasteiger partial charge in [-0.25, -0.2) is 0 Å². The Morgan fingerprint density at radius 2 is 2.11 bits per heavy atom. The fourth-order valence-corrected chi connectivity index (χ4v) is 3.36. The molecule has 0 bridgehead atoms. The van der Waals surface area contributed by atoms with E-state index in [-0.39, 0.29) is 11.4 Å². The van der Waals surface area contributed by atoms with Gasteiger partial charge in [-0.3, -0.25) is 4.79 Å². The number of rotatable bonds is 2. The Kier molecular flexibility index (Phi) is 2.70. The van der Waals surface area contributed by atoms with Crippen molar-refractivity contribution in [2.24, 2.45) is 11.3 Å². The van der Waals surface area contributed by atoms with E-state index in [2.05, 4.69) is 6.58 Å². The predicted molar refractivity (Wildman–Crippen MR) is 70.4 cm³/mol. The molecule has 1 aliphatic heterocycles. The molecule has 1 saturated carbocycles. The lowest BCUT2D eigenvalue weighted by molar-refractivity contribution is -0.146. The zero-order chi connectivity index (χ0) is 12.8. The summed E-state index contributed by atoms with van der Waals surface area (Å²) in [6, 6.07) is 7.71. The summed E-state index contributed by atoms with van der Waals surface area (Å²) >= 11 is 5.88. The van der Waals surface area contributed by atoms with Crippen molar-refractivity contribution in [2.45, 2.75) is 19.3 Å². The van der Waals surface area contributed by atoms with Crippen molar-refractivity contribution >= 4 is 17.6 Å². The summed E-state index contributed by atoms with van der Waals surface area (Å²) in [5, 5.41) is 0.720. The van der Waals surface area contributed by atoms with Gasteiger partial charge in [0, 0.05) is 10.9 Å². The van der Waals surface area contributed by atoms with Gasteiger partial charge in [0.15, 0.2) is 0 Å². The number of carbonyl (C=O) groups is 1. The second kappa shape index (κ2) is 4.13. The molecule has 0 N–H and O–H groups in total. The molecule has 0 spiro atoms. The van der Waals surface area contributed by atoms with E-state index in [1.54, 1.807) is 0 Å². The number of hydrogen-bond donors (Lipinski definition) is 0. The predicted octanol–water partition coefficient (Wildman–Crippen LogP) is 3.39. The summed E-state index contributed by atoms with van der Waals surface area (Å²) in [4.78, 5) is 12.1. The standard InChI is InChI=1S/C15H15ClO2/c1-10-6-12-9-18-14(17)15(12,7-10)8-11-2-4-13(16)5-3-11/h2-5,12H,1,6-9H2. The molecule has 18 heavy (non-hydrogen) atoms. The van der Waals surface area contributed by atoms with Crippen molar-refractivity contribution in [1.82, 2.24) is 0 Å².